The van der Waals surface area contributed by atoms with E-state index < -0.39 is 14.3 Å². The Morgan fingerprint density at radius 2 is 0.567 bits per heavy atom. The molecule has 0 aromatic carbocycles. The highest BCUT2D eigenvalue weighted by Gasteiger charge is 2.06. The summed E-state index contributed by atoms with van der Waals surface area (Å²) < 4.78 is 22.8. The van der Waals surface area contributed by atoms with Crippen LogP contribution in [-0.2, 0) is 9.13 Å². The maximum absolute atomic E-state index is 11.5. The molecule has 4 heteroatoms. The Morgan fingerprint density at radius 3 is 0.767 bits per heavy atom. The highest BCUT2D eigenvalue weighted by Crippen LogP contribution is 2.37. The maximum Gasteiger partial charge on any atom is 0.0819 e. The zero-order valence-corrected chi connectivity index (χ0v) is 23.6. The third-order valence-corrected chi connectivity index (χ3v) is 8.39. The average Bonchev–Trinajstić information content (AvgIpc) is 2.64. The summed E-state index contributed by atoms with van der Waals surface area (Å²) >= 11 is 0. The Hall–Kier alpha value is 0.460. The number of unbranched alkanes of at least 4 members (excludes halogenated alkanes) is 16. The normalized spacial score (nSPS) is 11.9. The molecule has 0 saturated carbocycles. The molecule has 30 heavy (non-hydrogen) atoms. The molecule has 2 nitrogen and oxygen atoms in total. The Kier molecular flexibility index (Phi) is 24.6. The van der Waals surface area contributed by atoms with Gasteiger partial charge in [-0.2, -0.15) is 0 Å². The number of rotatable bonds is 20. The van der Waals surface area contributed by atoms with Crippen LogP contribution in [0.25, 0.3) is 0 Å². The molecule has 0 aliphatic rings. The van der Waals surface area contributed by atoms with Gasteiger partial charge in [-0.05, 0) is 39.5 Å². The molecule has 0 N–H and O–H groups in total. The van der Waals surface area contributed by atoms with Crippen molar-refractivity contribution in [3.63, 3.8) is 0 Å². The molecule has 0 amide bonds. The lowest BCUT2D eigenvalue weighted by Crippen LogP contribution is -1.87. The zero-order chi connectivity index (χ0) is 23.1. The molecule has 0 rings (SSSR count). The Morgan fingerprint density at radius 1 is 0.367 bits per heavy atom. The van der Waals surface area contributed by atoms with Gasteiger partial charge in [0.05, 0.1) is 14.3 Å². The molecular formula is C26H58O2P2. The molecule has 0 heterocycles. The monoisotopic (exact) mass is 464 g/mol. The third-order valence-electron chi connectivity index (χ3n) is 5.60. The molecule has 0 aromatic rings. The summed E-state index contributed by atoms with van der Waals surface area (Å²) in [6.45, 7) is 12.1. The molecule has 0 atom stereocenters. The molecule has 184 valence electrons. The first-order valence-electron chi connectivity index (χ1n) is 13.2. The highest BCUT2D eigenvalue weighted by atomic mass is 31.2. The van der Waals surface area contributed by atoms with E-state index in [-0.39, 0.29) is 0 Å². The molecule has 0 bridgehead atoms. The van der Waals surface area contributed by atoms with Crippen molar-refractivity contribution in [3.8, 4) is 0 Å². The van der Waals surface area contributed by atoms with Gasteiger partial charge < -0.3 is 9.13 Å². The Bertz CT molecular complexity index is 423. The van der Waals surface area contributed by atoms with Crippen molar-refractivity contribution in [2.45, 2.75) is 129 Å². The minimum Gasteiger partial charge on any atom is -0.324 e. The van der Waals surface area contributed by atoms with Crippen molar-refractivity contribution in [2.75, 3.05) is 39.0 Å². The van der Waals surface area contributed by atoms with E-state index in [1.54, 1.807) is 0 Å². The van der Waals surface area contributed by atoms with Gasteiger partial charge in [0.1, 0.15) is 0 Å². The van der Waals surface area contributed by atoms with Crippen molar-refractivity contribution in [1.82, 2.24) is 0 Å². The van der Waals surface area contributed by atoms with Crippen LogP contribution in [0.5, 0.6) is 0 Å². The number of hydrogen-bond acceptors (Lipinski definition) is 2. The number of hydrogen-bond donors (Lipinski definition) is 0. The lowest BCUT2D eigenvalue weighted by molar-refractivity contribution is 0.557. The third kappa shape index (κ3) is 35.9. The first-order chi connectivity index (χ1) is 14.1. The molecule has 0 unspecified atom stereocenters. The molecule has 0 aromatic heterocycles. The van der Waals surface area contributed by atoms with Gasteiger partial charge in [-0.1, -0.05) is 117 Å². The van der Waals surface area contributed by atoms with E-state index in [0.29, 0.717) is 0 Å². The molecule has 0 spiro atoms. The van der Waals surface area contributed by atoms with Crippen LogP contribution in [0.15, 0.2) is 0 Å². The quantitative estimate of drug-likeness (QED) is 0.133. The van der Waals surface area contributed by atoms with Crippen LogP contribution in [0.3, 0.4) is 0 Å². The van der Waals surface area contributed by atoms with Gasteiger partial charge in [-0.15, -0.1) is 0 Å². The predicted molar refractivity (Wildman–Crippen MR) is 143 cm³/mol. The summed E-state index contributed by atoms with van der Waals surface area (Å²) in [6.07, 6.45) is 26.1. The Balaban J connectivity index is 0. The first-order valence-corrected chi connectivity index (χ1v) is 18.8. The van der Waals surface area contributed by atoms with Crippen molar-refractivity contribution >= 4 is 14.3 Å². The van der Waals surface area contributed by atoms with Crippen molar-refractivity contribution < 1.29 is 9.13 Å². The van der Waals surface area contributed by atoms with Crippen molar-refractivity contribution in [1.29, 1.82) is 0 Å². The average molecular weight is 465 g/mol. The van der Waals surface area contributed by atoms with Crippen LogP contribution in [0.4, 0.5) is 0 Å². The summed E-state index contributed by atoms with van der Waals surface area (Å²) in [6, 6.07) is 0. The van der Waals surface area contributed by atoms with Crippen LogP contribution in [0, 0.1) is 0 Å². The van der Waals surface area contributed by atoms with Crippen molar-refractivity contribution in [3.05, 3.63) is 0 Å². The standard InChI is InChI=1S/C14H31OP.C12H27OP/c1-4-5-6-7-8-9-10-11-12-13-14-16(2,3)15;1-4-5-6-7-8-9-10-11-12-14(2,3)13/h4-14H2,1-3H3;4-12H2,1-3H3. The van der Waals surface area contributed by atoms with Gasteiger partial charge in [0.15, 0.2) is 0 Å². The van der Waals surface area contributed by atoms with Gasteiger partial charge >= 0.3 is 0 Å². The fourth-order valence-corrected chi connectivity index (χ4v) is 5.58. The van der Waals surface area contributed by atoms with E-state index in [0.717, 1.165) is 18.7 Å². The Labute approximate surface area is 191 Å². The SMILES string of the molecule is CCCCCCCCCCCCP(C)(C)=O.CCCCCCCCCCP(C)(C)=O. The predicted octanol–water partition coefficient (Wildman–Crippen LogP) is 10.3. The lowest BCUT2D eigenvalue weighted by Gasteiger charge is -2.05. The highest BCUT2D eigenvalue weighted by molar-refractivity contribution is 7.62. The van der Waals surface area contributed by atoms with Gasteiger partial charge in [-0.3, -0.25) is 0 Å². The molecular weight excluding hydrogens is 406 g/mol. The topological polar surface area (TPSA) is 34.1 Å². The van der Waals surface area contributed by atoms with Crippen LogP contribution in [0.1, 0.15) is 129 Å². The minimum absolute atomic E-state index is 0.946. The molecule has 0 saturated heterocycles. The van der Waals surface area contributed by atoms with Crippen LogP contribution >= 0.6 is 14.3 Å². The van der Waals surface area contributed by atoms with E-state index in [9.17, 15) is 9.13 Å². The van der Waals surface area contributed by atoms with E-state index in [2.05, 4.69) is 13.8 Å². The van der Waals surface area contributed by atoms with Gasteiger partial charge in [0.2, 0.25) is 0 Å². The fraction of sp³-hybridized carbons (Fsp3) is 1.00. The second kappa shape index (κ2) is 22.6. The van der Waals surface area contributed by atoms with E-state index >= 15 is 0 Å². The van der Waals surface area contributed by atoms with Crippen molar-refractivity contribution in [2.24, 2.45) is 0 Å². The van der Waals surface area contributed by atoms with E-state index in [4.69, 9.17) is 0 Å². The summed E-state index contributed by atoms with van der Waals surface area (Å²) in [7, 11) is -3.47. The second-order valence-corrected chi connectivity index (χ2v) is 17.4. The summed E-state index contributed by atoms with van der Waals surface area (Å²) in [5, 5.41) is 0. The summed E-state index contributed by atoms with van der Waals surface area (Å²) in [5.41, 5.74) is 0. The fourth-order valence-electron chi connectivity index (χ4n) is 3.61. The van der Waals surface area contributed by atoms with Crippen LogP contribution < -0.4 is 0 Å². The second-order valence-electron chi connectivity index (χ2n) is 10.3. The zero-order valence-electron chi connectivity index (χ0n) is 21.9. The largest absolute Gasteiger partial charge is 0.324 e. The molecule has 0 aliphatic carbocycles. The molecule has 0 aliphatic heterocycles. The lowest BCUT2D eigenvalue weighted by atomic mass is 10.1. The first kappa shape index (κ1) is 32.6. The maximum atomic E-state index is 11.5. The van der Waals surface area contributed by atoms with Gasteiger partial charge in [0, 0.05) is 12.3 Å². The van der Waals surface area contributed by atoms with Crippen LogP contribution in [-0.4, -0.2) is 39.0 Å². The van der Waals surface area contributed by atoms with Crippen LogP contribution in [0.2, 0.25) is 0 Å². The van der Waals surface area contributed by atoms with Gasteiger partial charge in [-0.25, -0.2) is 0 Å². The summed E-state index contributed by atoms with van der Waals surface area (Å²) in [5.74, 6) is 0. The van der Waals surface area contributed by atoms with E-state index in [1.807, 2.05) is 26.7 Å². The molecule has 0 radical (unpaired) electrons. The van der Waals surface area contributed by atoms with Gasteiger partial charge in [0.25, 0.3) is 0 Å². The summed E-state index contributed by atoms with van der Waals surface area (Å²) in [4.78, 5) is 0. The minimum atomic E-state index is -1.74. The molecule has 0 fully saturated rings. The smallest absolute Gasteiger partial charge is 0.0819 e. The van der Waals surface area contributed by atoms with E-state index in [1.165, 1.54) is 109 Å².